The molecule has 0 saturated heterocycles. The van der Waals surface area contributed by atoms with Crippen LogP contribution < -0.4 is 10.5 Å². The van der Waals surface area contributed by atoms with Crippen molar-refractivity contribution in [1.82, 2.24) is 0 Å². The maximum Gasteiger partial charge on any atom is 0.182 e. The van der Waals surface area contributed by atoms with Gasteiger partial charge in [-0.3, -0.25) is 0 Å². The molecule has 0 radical (unpaired) electrons. The van der Waals surface area contributed by atoms with Gasteiger partial charge in [0.25, 0.3) is 0 Å². The zero-order valence-electron chi connectivity index (χ0n) is 15.5. The molecule has 1 aliphatic rings. The van der Waals surface area contributed by atoms with Crippen LogP contribution >= 0.6 is 12.2 Å². The molecule has 2 aromatic rings. The zero-order valence-corrected chi connectivity index (χ0v) is 17.1. The Morgan fingerprint density at radius 3 is 2.19 bits per heavy atom. The van der Waals surface area contributed by atoms with Gasteiger partial charge in [0.1, 0.15) is 5.75 Å². The van der Waals surface area contributed by atoms with Crippen molar-refractivity contribution < 1.29 is 17.9 Å². The predicted molar refractivity (Wildman–Crippen MR) is 109 cm³/mol. The third-order valence-electron chi connectivity index (χ3n) is 5.26. The summed E-state index contributed by atoms with van der Waals surface area (Å²) in [6.45, 7) is 2.06. The minimum absolute atomic E-state index is 0.148. The van der Waals surface area contributed by atoms with Crippen LogP contribution in [0.2, 0.25) is 0 Å². The van der Waals surface area contributed by atoms with E-state index in [2.05, 4.69) is 0 Å². The van der Waals surface area contributed by atoms with Gasteiger partial charge in [-0.15, -0.1) is 0 Å². The highest BCUT2D eigenvalue weighted by molar-refractivity contribution is 7.92. The summed E-state index contributed by atoms with van der Waals surface area (Å²) >= 11 is 5.31. The minimum atomic E-state index is -3.65. The molecular weight excluding hydrogens is 382 g/mol. The number of ether oxygens (including phenoxy) is 2. The molecule has 3 atom stereocenters. The van der Waals surface area contributed by atoms with Crippen LogP contribution in [0.15, 0.2) is 53.4 Å². The van der Waals surface area contributed by atoms with Crippen molar-refractivity contribution in [3.63, 3.8) is 0 Å². The third-order valence-corrected chi connectivity index (χ3v) is 7.93. The molecule has 5 nitrogen and oxygen atoms in total. The average molecular weight is 406 g/mol. The fourth-order valence-electron chi connectivity index (χ4n) is 3.79. The molecule has 2 aromatic carbocycles. The highest BCUT2D eigenvalue weighted by Gasteiger charge is 2.73. The largest absolute Gasteiger partial charge is 0.497 e. The molecule has 1 fully saturated rings. The van der Waals surface area contributed by atoms with E-state index in [0.29, 0.717) is 5.75 Å². The van der Waals surface area contributed by atoms with Gasteiger partial charge in [-0.25, -0.2) is 8.42 Å². The van der Waals surface area contributed by atoms with Crippen LogP contribution in [0.25, 0.3) is 0 Å². The second-order valence-electron chi connectivity index (χ2n) is 6.87. The second-order valence-corrected chi connectivity index (χ2v) is 9.38. The summed E-state index contributed by atoms with van der Waals surface area (Å²) in [6, 6.07) is 14.2. The Bertz CT molecular complexity index is 939. The molecule has 0 bridgehead atoms. The number of thiocarbonyl (C=S) groups is 1. The van der Waals surface area contributed by atoms with Gasteiger partial charge in [0.15, 0.2) is 9.84 Å². The highest BCUT2D eigenvalue weighted by Crippen LogP contribution is 2.64. The van der Waals surface area contributed by atoms with Crippen LogP contribution in [0.5, 0.6) is 5.75 Å². The fraction of sp³-hybridized carbons (Fsp3) is 0.350. The van der Waals surface area contributed by atoms with Crippen LogP contribution in [-0.4, -0.2) is 39.5 Å². The Labute approximate surface area is 165 Å². The first kappa shape index (κ1) is 19.8. The maximum absolute atomic E-state index is 13.4. The number of benzene rings is 2. The number of hydrogen-bond donors (Lipinski definition) is 1. The fourth-order valence-corrected chi connectivity index (χ4v) is 6.57. The molecule has 0 unspecified atom stereocenters. The summed E-state index contributed by atoms with van der Waals surface area (Å²) in [7, 11) is -0.538. The van der Waals surface area contributed by atoms with E-state index in [9.17, 15) is 8.42 Å². The molecule has 0 aromatic heterocycles. The summed E-state index contributed by atoms with van der Waals surface area (Å²) < 4.78 is 37.4. The van der Waals surface area contributed by atoms with Gasteiger partial charge in [-0.05, 0) is 36.8 Å². The van der Waals surface area contributed by atoms with Crippen molar-refractivity contribution in [1.29, 1.82) is 0 Å². The lowest BCUT2D eigenvalue weighted by Gasteiger charge is -2.16. The van der Waals surface area contributed by atoms with E-state index in [-0.39, 0.29) is 22.4 Å². The molecule has 1 aliphatic carbocycles. The van der Waals surface area contributed by atoms with Crippen molar-refractivity contribution in [2.75, 3.05) is 20.8 Å². The third kappa shape index (κ3) is 3.24. The Morgan fingerprint density at radius 2 is 1.70 bits per heavy atom. The van der Waals surface area contributed by atoms with Crippen LogP contribution in [0.4, 0.5) is 0 Å². The van der Waals surface area contributed by atoms with E-state index < -0.39 is 20.5 Å². The van der Waals surface area contributed by atoms with Crippen molar-refractivity contribution in [2.45, 2.75) is 23.0 Å². The van der Waals surface area contributed by atoms with Crippen LogP contribution in [0, 0.1) is 12.3 Å². The topological polar surface area (TPSA) is 78.6 Å². The summed E-state index contributed by atoms with van der Waals surface area (Å²) in [5.41, 5.74) is 6.97. The first-order valence-electron chi connectivity index (χ1n) is 8.52. The van der Waals surface area contributed by atoms with Gasteiger partial charge in [0.05, 0.1) is 34.3 Å². The predicted octanol–water partition coefficient (Wildman–Crippen LogP) is 2.86. The normalized spacial score (nSPS) is 24.4. The van der Waals surface area contributed by atoms with Crippen LogP contribution in [-0.2, 0) is 14.6 Å². The SMILES string of the molecule is COC[C@]1(C(N)=S)[C@H](c2ccc(OC)cc2)[C@H]1S(=O)(=O)c1ccc(C)cc1. The monoisotopic (exact) mass is 405 g/mol. The van der Waals surface area contributed by atoms with E-state index in [1.807, 2.05) is 19.1 Å². The molecule has 144 valence electrons. The number of methoxy groups -OCH3 is 2. The summed E-state index contributed by atoms with van der Waals surface area (Å²) in [6.07, 6.45) is 0. The molecule has 0 spiro atoms. The Morgan fingerprint density at radius 1 is 1.11 bits per heavy atom. The Kier molecular flexibility index (Phi) is 5.29. The summed E-state index contributed by atoms with van der Waals surface area (Å²) in [4.78, 5) is 0.427. The van der Waals surface area contributed by atoms with Gasteiger partial charge in [0.2, 0.25) is 0 Å². The van der Waals surface area contributed by atoms with E-state index in [0.717, 1.165) is 11.1 Å². The smallest absolute Gasteiger partial charge is 0.182 e. The Balaban J connectivity index is 2.09. The maximum atomic E-state index is 13.4. The zero-order chi connectivity index (χ0) is 19.8. The number of aryl methyl sites for hydroxylation is 1. The van der Waals surface area contributed by atoms with E-state index in [4.69, 9.17) is 27.4 Å². The molecule has 2 N–H and O–H groups in total. The second kappa shape index (κ2) is 7.22. The van der Waals surface area contributed by atoms with Gasteiger partial charge in [0, 0.05) is 13.0 Å². The average Bonchev–Trinajstić information content (AvgIpc) is 3.33. The molecular formula is C20H23NO4S2. The lowest BCUT2D eigenvalue weighted by Crippen LogP contribution is -2.33. The van der Waals surface area contributed by atoms with E-state index >= 15 is 0 Å². The molecule has 7 heteroatoms. The van der Waals surface area contributed by atoms with E-state index in [1.165, 1.54) is 7.11 Å². The number of nitrogens with two attached hydrogens (primary N) is 1. The lowest BCUT2D eigenvalue weighted by molar-refractivity contribution is 0.166. The van der Waals surface area contributed by atoms with Gasteiger partial charge in [-0.2, -0.15) is 0 Å². The molecule has 27 heavy (non-hydrogen) atoms. The first-order chi connectivity index (χ1) is 12.8. The van der Waals surface area contributed by atoms with Crippen LogP contribution in [0.1, 0.15) is 17.0 Å². The molecule has 1 saturated carbocycles. The van der Waals surface area contributed by atoms with Gasteiger partial charge >= 0.3 is 0 Å². The van der Waals surface area contributed by atoms with Crippen molar-refractivity contribution in [2.24, 2.45) is 11.1 Å². The minimum Gasteiger partial charge on any atom is -0.497 e. The van der Waals surface area contributed by atoms with Gasteiger partial charge < -0.3 is 15.2 Å². The van der Waals surface area contributed by atoms with E-state index in [1.54, 1.807) is 43.5 Å². The molecule has 0 amide bonds. The number of hydrogen-bond acceptors (Lipinski definition) is 5. The highest BCUT2D eigenvalue weighted by atomic mass is 32.2. The number of rotatable bonds is 7. The first-order valence-corrected chi connectivity index (χ1v) is 10.5. The molecule has 0 heterocycles. The quantitative estimate of drug-likeness (QED) is 0.714. The van der Waals surface area contributed by atoms with Crippen LogP contribution in [0.3, 0.4) is 0 Å². The Hall–Kier alpha value is -1.96. The van der Waals surface area contributed by atoms with Gasteiger partial charge in [-0.1, -0.05) is 42.0 Å². The number of sulfone groups is 1. The lowest BCUT2D eigenvalue weighted by atomic mass is 10.00. The van der Waals surface area contributed by atoms with Crippen molar-refractivity contribution in [3.8, 4) is 5.75 Å². The molecule has 0 aliphatic heterocycles. The molecule has 3 rings (SSSR count). The summed E-state index contributed by atoms with van der Waals surface area (Å²) in [5, 5.41) is -0.765. The summed E-state index contributed by atoms with van der Waals surface area (Å²) in [5.74, 6) is 0.331. The van der Waals surface area contributed by atoms with Crippen molar-refractivity contribution >= 4 is 27.0 Å². The van der Waals surface area contributed by atoms with Crippen molar-refractivity contribution in [3.05, 3.63) is 59.7 Å². The standard InChI is InChI=1S/C20H23NO4S2/c1-13-4-10-16(11-5-13)27(22,23)18-17(20(18,12-24-2)19(21)26)14-6-8-15(25-3)9-7-14/h4-11,17-18H,12H2,1-3H3,(H2,21,26)/t17-,18-,20+/m1/s1.